The quantitative estimate of drug-likeness (QED) is 0.792. The van der Waals surface area contributed by atoms with Gasteiger partial charge >= 0.3 is 6.03 Å². The third-order valence-electron chi connectivity index (χ3n) is 5.58. The summed E-state index contributed by atoms with van der Waals surface area (Å²) in [5, 5.41) is 0. The van der Waals surface area contributed by atoms with Gasteiger partial charge < -0.3 is 14.5 Å². The number of benzene rings is 1. The van der Waals surface area contributed by atoms with Crippen molar-refractivity contribution in [1.29, 1.82) is 0 Å². The molecule has 0 bridgehead atoms. The normalized spacial score (nSPS) is 30.2. The second-order valence-corrected chi connectivity index (χ2v) is 7.07. The first-order chi connectivity index (χ1) is 11.2. The molecule has 0 radical (unpaired) electrons. The lowest BCUT2D eigenvalue weighted by molar-refractivity contribution is 0.00502. The summed E-state index contributed by atoms with van der Waals surface area (Å²) in [5.74, 6) is 0.984. The van der Waals surface area contributed by atoms with Gasteiger partial charge in [0.05, 0.1) is 13.2 Å². The number of ether oxygens (including phenoxy) is 1. The number of morpholine rings is 1. The molecule has 2 amide bonds. The Bertz CT molecular complexity index is 598. The van der Waals surface area contributed by atoms with Crippen molar-refractivity contribution >= 4 is 6.03 Å². The van der Waals surface area contributed by atoms with Crippen molar-refractivity contribution in [3.63, 3.8) is 0 Å². The van der Waals surface area contributed by atoms with E-state index >= 15 is 0 Å². The highest BCUT2D eigenvalue weighted by Gasteiger charge is 2.49. The zero-order chi connectivity index (χ0) is 16.0. The number of carbonyl (C=O) groups excluding carboxylic acids is 1. The molecule has 4 rings (SSSR count). The molecule has 1 aliphatic carbocycles. The van der Waals surface area contributed by atoms with Crippen molar-refractivity contribution in [2.24, 2.45) is 5.92 Å². The molecule has 3 atom stereocenters. The molecule has 23 heavy (non-hydrogen) atoms. The molecule has 5 heteroatoms. The van der Waals surface area contributed by atoms with Crippen LogP contribution in [0.2, 0.25) is 0 Å². The van der Waals surface area contributed by atoms with Crippen LogP contribution < -0.4 is 0 Å². The minimum absolute atomic E-state index is 0.137. The van der Waals surface area contributed by atoms with Crippen molar-refractivity contribution in [2.45, 2.75) is 12.0 Å². The Morgan fingerprint density at radius 2 is 1.83 bits per heavy atom. The molecule has 0 spiro atoms. The predicted octanol–water partition coefficient (Wildman–Crippen LogP) is 1.77. The van der Waals surface area contributed by atoms with E-state index in [4.69, 9.17) is 4.74 Å². The monoisotopic (exact) mass is 315 g/mol. The first kappa shape index (κ1) is 15.0. The molecule has 0 N–H and O–H groups in total. The van der Waals surface area contributed by atoms with E-state index in [0.29, 0.717) is 17.9 Å². The summed E-state index contributed by atoms with van der Waals surface area (Å²) in [4.78, 5) is 18.7. The number of hydrogen-bond donors (Lipinski definition) is 0. The van der Waals surface area contributed by atoms with E-state index in [1.807, 2.05) is 19.0 Å². The summed E-state index contributed by atoms with van der Waals surface area (Å²) in [7, 11) is 3.67. The minimum Gasteiger partial charge on any atom is -0.379 e. The number of hydrogen-bond acceptors (Lipinski definition) is 3. The van der Waals surface area contributed by atoms with E-state index in [1.165, 1.54) is 11.1 Å². The molecule has 124 valence electrons. The topological polar surface area (TPSA) is 36.0 Å². The molecular weight excluding hydrogens is 290 g/mol. The number of nitrogens with zero attached hydrogens (tertiary/aromatic N) is 3. The Hall–Kier alpha value is -1.59. The summed E-state index contributed by atoms with van der Waals surface area (Å²) in [6, 6.07) is 9.39. The van der Waals surface area contributed by atoms with Crippen LogP contribution in [0.4, 0.5) is 4.79 Å². The predicted molar refractivity (Wildman–Crippen MR) is 88.5 cm³/mol. The van der Waals surface area contributed by atoms with E-state index < -0.39 is 0 Å². The van der Waals surface area contributed by atoms with Gasteiger partial charge in [-0.1, -0.05) is 24.3 Å². The first-order valence-corrected chi connectivity index (χ1v) is 8.53. The SMILES string of the molecule is CN(C)C(=O)N1C[C@H]2[C@@H](C1)c1ccccc1[C@@H]2N1CCOCC1. The Morgan fingerprint density at radius 1 is 1.13 bits per heavy atom. The summed E-state index contributed by atoms with van der Waals surface area (Å²) in [5.41, 5.74) is 2.92. The first-order valence-electron chi connectivity index (χ1n) is 8.53. The fourth-order valence-corrected chi connectivity index (χ4v) is 4.59. The summed E-state index contributed by atoms with van der Waals surface area (Å²) in [6.07, 6.45) is 0. The molecule has 3 aliphatic rings. The number of urea groups is 1. The standard InChI is InChI=1S/C18H25N3O2/c1-19(2)18(22)21-11-15-13-5-3-4-6-14(13)17(16(15)12-21)20-7-9-23-10-8-20/h3-6,15-17H,7-12H2,1-2H3/t15-,16-,17-/m0/s1. The van der Waals surface area contributed by atoms with Gasteiger partial charge in [-0.2, -0.15) is 0 Å². The average molecular weight is 315 g/mol. The molecule has 0 saturated carbocycles. The smallest absolute Gasteiger partial charge is 0.319 e. The maximum absolute atomic E-state index is 12.4. The molecule has 2 aliphatic heterocycles. The van der Waals surface area contributed by atoms with Gasteiger partial charge in [-0.25, -0.2) is 4.79 Å². The van der Waals surface area contributed by atoms with E-state index in [0.717, 1.165) is 39.4 Å². The van der Waals surface area contributed by atoms with Crippen LogP contribution >= 0.6 is 0 Å². The number of carbonyl (C=O) groups is 1. The van der Waals surface area contributed by atoms with Gasteiger partial charge in [-0.05, 0) is 11.1 Å². The largest absolute Gasteiger partial charge is 0.379 e. The molecule has 0 aromatic heterocycles. The summed E-state index contributed by atoms with van der Waals surface area (Å²) in [6.45, 7) is 5.32. The third kappa shape index (κ3) is 2.42. The average Bonchev–Trinajstić information content (AvgIpc) is 3.11. The number of fused-ring (bicyclic) bond motifs is 3. The van der Waals surface area contributed by atoms with E-state index in [1.54, 1.807) is 4.90 Å². The van der Waals surface area contributed by atoms with E-state index in [-0.39, 0.29) is 6.03 Å². The van der Waals surface area contributed by atoms with Crippen LogP contribution in [-0.2, 0) is 4.74 Å². The molecule has 1 aromatic rings. The van der Waals surface area contributed by atoms with Crippen LogP contribution in [0.15, 0.2) is 24.3 Å². The van der Waals surface area contributed by atoms with Crippen LogP contribution in [0.3, 0.4) is 0 Å². The van der Waals surface area contributed by atoms with Crippen molar-refractivity contribution < 1.29 is 9.53 Å². The van der Waals surface area contributed by atoms with Crippen molar-refractivity contribution in [3.05, 3.63) is 35.4 Å². The highest BCUT2D eigenvalue weighted by Crippen LogP contribution is 2.51. The zero-order valence-electron chi connectivity index (χ0n) is 13.9. The zero-order valence-corrected chi connectivity index (χ0v) is 13.9. The van der Waals surface area contributed by atoms with Gasteiger partial charge in [0.25, 0.3) is 0 Å². The van der Waals surface area contributed by atoms with Crippen molar-refractivity contribution in [3.8, 4) is 0 Å². The fraction of sp³-hybridized carbons (Fsp3) is 0.611. The maximum Gasteiger partial charge on any atom is 0.319 e. The molecule has 1 aromatic carbocycles. The van der Waals surface area contributed by atoms with Crippen molar-refractivity contribution in [1.82, 2.24) is 14.7 Å². The second kappa shape index (κ2) is 5.80. The third-order valence-corrected chi connectivity index (χ3v) is 5.58. The number of rotatable bonds is 1. The van der Waals surface area contributed by atoms with Gasteiger partial charge in [0.2, 0.25) is 0 Å². The van der Waals surface area contributed by atoms with E-state index in [2.05, 4.69) is 29.2 Å². The molecular formula is C18H25N3O2. The lowest BCUT2D eigenvalue weighted by Gasteiger charge is -2.36. The molecule has 2 heterocycles. The Labute approximate surface area is 137 Å². The van der Waals surface area contributed by atoms with Crippen LogP contribution in [0.5, 0.6) is 0 Å². The van der Waals surface area contributed by atoms with Crippen LogP contribution in [0.25, 0.3) is 0 Å². The molecule has 5 nitrogen and oxygen atoms in total. The molecule has 2 saturated heterocycles. The lowest BCUT2D eigenvalue weighted by Crippen LogP contribution is -2.43. The van der Waals surface area contributed by atoms with Crippen LogP contribution in [0.1, 0.15) is 23.1 Å². The van der Waals surface area contributed by atoms with Gasteiger partial charge in [0, 0.05) is 58.2 Å². The van der Waals surface area contributed by atoms with Gasteiger partial charge in [0.15, 0.2) is 0 Å². The van der Waals surface area contributed by atoms with Gasteiger partial charge in [-0.15, -0.1) is 0 Å². The number of likely N-dealkylation sites (tertiary alicyclic amines) is 1. The Kier molecular flexibility index (Phi) is 3.77. The van der Waals surface area contributed by atoms with Crippen LogP contribution in [-0.4, -0.2) is 74.2 Å². The second-order valence-electron chi connectivity index (χ2n) is 7.07. The Balaban J connectivity index is 1.65. The summed E-state index contributed by atoms with van der Waals surface area (Å²) >= 11 is 0. The Morgan fingerprint density at radius 3 is 2.52 bits per heavy atom. The summed E-state index contributed by atoms with van der Waals surface area (Å²) < 4.78 is 5.54. The van der Waals surface area contributed by atoms with E-state index in [9.17, 15) is 4.79 Å². The van der Waals surface area contributed by atoms with Gasteiger partial charge in [0.1, 0.15) is 0 Å². The molecule has 2 fully saturated rings. The highest BCUT2D eigenvalue weighted by atomic mass is 16.5. The highest BCUT2D eigenvalue weighted by molar-refractivity contribution is 5.74. The molecule has 0 unspecified atom stereocenters. The number of amides is 2. The van der Waals surface area contributed by atoms with Crippen LogP contribution in [0, 0.1) is 5.92 Å². The fourth-order valence-electron chi connectivity index (χ4n) is 4.59. The van der Waals surface area contributed by atoms with Crippen molar-refractivity contribution in [2.75, 3.05) is 53.5 Å². The minimum atomic E-state index is 0.137. The van der Waals surface area contributed by atoms with Gasteiger partial charge in [-0.3, -0.25) is 4.90 Å². The maximum atomic E-state index is 12.4. The lowest BCUT2D eigenvalue weighted by atomic mass is 9.93.